The summed E-state index contributed by atoms with van der Waals surface area (Å²) in [4.78, 5) is 23.4. The van der Waals surface area contributed by atoms with Gasteiger partial charge in [0.2, 0.25) is 0 Å². The van der Waals surface area contributed by atoms with E-state index in [2.05, 4.69) is 0 Å². The van der Waals surface area contributed by atoms with E-state index in [1.807, 2.05) is 60.7 Å². The molecule has 6 nitrogen and oxygen atoms in total. The van der Waals surface area contributed by atoms with Crippen molar-refractivity contribution in [2.75, 3.05) is 13.2 Å². The van der Waals surface area contributed by atoms with Crippen LogP contribution in [0.3, 0.4) is 0 Å². The Labute approximate surface area is 187 Å². The van der Waals surface area contributed by atoms with Crippen molar-refractivity contribution in [3.8, 4) is 11.5 Å². The van der Waals surface area contributed by atoms with Gasteiger partial charge in [0.15, 0.2) is 11.5 Å². The van der Waals surface area contributed by atoms with Crippen molar-refractivity contribution in [1.82, 2.24) is 0 Å². The van der Waals surface area contributed by atoms with Gasteiger partial charge in [-0.3, -0.25) is 0 Å². The van der Waals surface area contributed by atoms with E-state index in [1.165, 1.54) is 17.7 Å². The number of carbonyl (C=O) groups is 2. The van der Waals surface area contributed by atoms with Crippen LogP contribution >= 0.6 is 0 Å². The molecular formula is C26H26O6. The molecule has 3 aromatic carbocycles. The van der Waals surface area contributed by atoms with Gasteiger partial charge in [0.05, 0.1) is 18.8 Å². The monoisotopic (exact) mass is 434 g/mol. The Kier molecular flexibility index (Phi) is 8.26. The van der Waals surface area contributed by atoms with E-state index in [4.69, 9.17) is 9.47 Å². The number of aryl methyl sites for hydroxylation is 2. The Morgan fingerprint density at radius 3 is 1.69 bits per heavy atom. The molecule has 0 unspecified atom stereocenters. The summed E-state index contributed by atoms with van der Waals surface area (Å²) in [5.41, 5.74) is 1.61. The van der Waals surface area contributed by atoms with Crippen LogP contribution in [-0.2, 0) is 12.8 Å². The van der Waals surface area contributed by atoms with Crippen molar-refractivity contribution in [3.05, 3.63) is 95.1 Å². The number of ether oxygens (including phenoxy) is 2. The molecule has 0 aliphatic carbocycles. The van der Waals surface area contributed by atoms with Crippen LogP contribution in [0.1, 0.15) is 44.7 Å². The smallest absolute Gasteiger partial charge is 0.340 e. The van der Waals surface area contributed by atoms with E-state index in [-0.39, 0.29) is 23.7 Å². The number of carboxylic acid groups (broad SMARTS) is 2. The van der Waals surface area contributed by atoms with Gasteiger partial charge in [0.1, 0.15) is 5.56 Å². The lowest BCUT2D eigenvalue weighted by Crippen LogP contribution is -2.13. The minimum absolute atomic E-state index is 0.0369. The number of hydrogen-bond acceptors (Lipinski definition) is 4. The molecule has 0 saturated heterocycles. The van der Waals surface area contributed by atoms with Crippen LogP contribution in [0.25, 0.3) is 0 Å². The molecule has 0 aliphatic rings. The molecule has 6 heteroatoms. The molecule has 0 saturated carbocycles. The molecule has 0 aromatic heterocycles. The molecule has 0 spiro atoms. The van der Waals surface area contributed by atoms with E-state index in [9.17, 15) is 19.8 Å². The predicted octanol–water partition coefficient (Wildman–Crippen LogP) is 5.11. The average molecular weight is 434 g/mol. The first-order chi connectivity index (χ1) is 15.6. The summed E-state index contributed by atoms with van der Waals surface area (Å²) in [5.74, 6) is -2.49. The first-order valence-electron chi connectivity index (χ1n) is 10.5. The summed E-state index contributed by atoms with van der Waals surface area (Å²) in [6.07, 6.45) is 2.94. The molecular weight excluding hydrogens is 408 g/mol. The zero-order valence-corrected chi connectivity index (χ0v) is 17.7. The number of rotatable bonds is 12. The zero-order chi connectivity index (χ0) is 22.8. The van der Waals surface area contributed by atoms with Gasteiger partial charge in [-0.2, -0.15) is 0 Å². The highest BCUT2D eigenvalue weighted by Crippen LogP contribution is 2.34. The fourth-order valence-electron chi connectivity index (χ4n) is 3.41. The lowest BCUT2D eigenvalue weighted by atomic mass is 10.1. The second-order valence-corrected chi connectivity index (χ2v) is 7.30. The topological polar surface area (TPSA) is 93.1 Å². The molecule has 3 rings (SSSR count). The van der Waals surface area contributed by atoms with Gasteiger partial charge >= 0.3 is 11.9 Å². The van der Waals surface area contributed by atoms with Gasteiger partial charge in [-0.1, -0.05) is 60.7 Å². The van der Waals surface area contributed by atoms with Crippen molar-refractivity contribution in [3.63, 3.8) is 0 Å². The van der Waals surface area contributed by atoms with E-state index in [1.54, 1.807) is 0 Å². The first kappa shape index (κ1) is 22.9. The van der Waals surface area contributed by atoms with Gasteiger partial charge in [-0.15, -0.1) is 0 Å². The highest BCUT2D eigenvalue weighted by atomic mass is 16.5. The minimum atomic E-state index is -1.37. The highest BCUT2D eigenvalue weighted by molar-refractivity contribution is 6.04. The van der Waals surface area contributed by atoms with Gasteiger partial charge in [-0.25, -0.2) is 9.59 Å². The molecule has 0 atom stereocenters. The summed E-state index contributed by atoms with van der Waals surface area (Å²) in [7, 11) is 0. The molecule has 2 N–H and O–H groups in total. The fraction of sp³-hybridized carbons (Fsp3) is 0.231. The largest absolute Gasteiger partial charge is 0.490 e. The van der Waals surface area contributed by atoms with Crippen LogP contribution < -0.4 is 9.47 Å². The average Bonchev–Trinajstić information content (AvgIpc) is 2.80. The van der Waals surface area contributed by atoms with Crippen LogP contribution in [0.2, 0.25) is 0 Å². The third kappa shape index (κ3) is 6.35. The standard InChI is InChI=1S/C26H26O6/c27-25(28)21-15-16-22(31-17-7-13-19-9-3-1-4-10-19)24(23(21)26(29)30)32-18-8-14-20-11-5-2-6-12-20/h1-6,9-12,15-16H,7-8,13-14,17-18H2,(H,27,28)(H,29,30). The van der Waals surface area contributed by atoms with Gasteiger partial charge < -0.3 is 19.7 Å². The Hall–Kier alpha value is -3.80. The maximum absolute atomic E-state index is 11.9. The third-order valence-electron chi connectivity index (χ3n) is 4.98. The lowest BCUT2D eigenvalue weighted by molar-refractivity contribution is 0.0646. The lowest BCUT2D eigenvalue weighted by Gasteiger charge is -2.16. The second-order valence-electron chi connectivity index (χ2n) is 7.30. The maximum Gasteiger partial charge on any atom is 0.340 e. The summed E-state index contributed by atoms with van der Waals surface area (Å²) < 4.78 is 11.6. The molecule has 166 valence electrons. The van der Waals surface area contributed by atoms with E-state index >= 15 is 0 Å². The van der Waals surface area contributed by atoms with Crippen LogP contribution in [0.4, 0.5) is 0 Å². The Morgan fingerprint density at radius 1 is 0.656 bits per heavy atom. The van der Waals surface area contributed by atoms with Crippen molar-refractivity contribution in [2.45, 2.75) is 25.7 Å². The number of hydrogen-bond donors (Lipinski definition) is 2. The molecule has 3 aromatic rings. The SMILES string of the molecule is O=C(O)c1ccc(OCCCc2ccccc2)c(OCCCc2ccccc2)c1C(=O)O. The van der Waals surface area contributed by atoms with Gasteiger partial charge in [0.25, 0.3) is 0 Å². The van der Waals surface area contributed by atoms with Crippen molar-refractivity contribution in [2.24, 2.45) is 0 Å². The molecule has 0 amide bonds. The predicted molar refractivity (Wildman–Crippen MR) is 121 cm³/mol. The molecule has 0 radical (unpaired) electrons. The van der Waals surface area contributed by atoms with Crippen molar-refractivity contribution >= 4 is 11.9 Å². The number of aromatic carboxylic acids is 2. The van der Waals surface area contributed by atoms with Gasteiger partial charge in [0, 0.05) is 0 Å². The van der Waals surface area contributed by atoms with E-state index < -0.39 is 17.5 Å². The Morgan fingerprint density at radius 2 is 1.19 bits per heavy atom. The van der Waals surface area contributed by atoms with Crippen LogP contribution in [0.5, 0.6) is 11.5 Å². The van der Waals surface area contributed by atoms with E-state index in [0.717, 1.165) is 24.8 Å². The molecule has 0 bridgehead atoms. The van der Waals surface area contributed by atoms with Crippen LogP contribution in [0, 0.1) is 0 Å². The second kappa shape index (κ2) is 11.6. The van der Waals surface area contributed by atoms with Crippen molar-refractivity contribution in [1.29, 1.82) is 0 Å². The fourth-order valence-corrected chi connectivity index (χ4v) is 3.41. The van der Waals surface area contributed by atoms with Gasteiger partial charge in [-0.05, 0) is 48.9 Å². The number of carboxylic acids is 2. The Balaban J connectivity index is 1.70. The zero-order valence-electron chi connectivity index (χ0n) is 17.7. The number of benzene rings is 3. The normalized spacial score (nSPS) is 10.5. The summed E-state index contributed by atoms with van der Waals surface area (Å²) >= 11 is 0. The summed E-state index contributed by atoms with van der Waals surface area (Å²) in [5, 5.41) is 19.1. The van der Waals surface area contributed by atoms with Crippen LogP contribution in [0.15, 0.2) is 72.8 Å². The molecule has 0 heterocycles. The van der Waals surface area contributed by atoms with Crippen LogP contribution in [-0.4, -0.2) is 35.4 Å². The first-order valence-corrected chi connectivity index (χ1v) is 10.5. The molecule has 0 fully saturated rings. The molecule has 0 aliphatic heterocycles. The van der Waals surface area contributed by atoms with Crippen molar-refractivity contribution < 1.29 is 29.3 Å². The Bertz CT molecular complexity index is 1030. The maximum atomic E-state index is 11.9. The quantitative estimate of drug-likeness (QED) is 0.385. The molecule has 32 heavy (non-hydrogen) atoms. The summed E-state index contributed by atoms with van der Waals surface area (Å²) in [6.45, 7) is 0.583. The third-order valence-corrected chi connectivity index (χ3v) is 4.98. The highest BCUT2D eigenvalue weighted by Gasteiger charge is 2.25. The summed E-state index contributed by atoms with van der Waals surface area (Å²) in [6, 6.07) is 22.5. The van der Waals surface area contributed by atoms with E-state index in [0.29, 0.717) is 13.0 Å². The minimum Gasteiger partial charge on any atom is -0.490 e.